The Hall–Kier alpha value is -5.54. The summed E-state index contributed by atoms with van der Waals surface area (Å²) in [6, 6.07) is 34.6. The summed E-state index contributed by atoms with van der Waals surface area (Å²) in [7, 11) is 0. The number of aryl methyl sites for hydroxylation is 1. The molecule has 1 saturated carbocycles. The predicted molar refractivity (Wildman–Crippen MR) is 215 cm³/mol. The Kier molecular flexibility index (Phi) is 20.3. The van der Waals surface area contributed by atoms with Crippen molar-refractivity contribution in [2.45, 2.75) is 88.2 Å². The Labute approximate surface area is 310 Å². The molecule has 0 radical (unpaired) electrons. The fourth-order valence-corrected chi connectivity index (χ4v) is 5.03. The van der Waals surface area contributed by atoms with E-state index in [-0.39, 0.29) is 31.6 Å². The molecule has 1 fully saturated rings. The van der Waals surface area contributed by atoms with Gasteiger partial charge in [0, 0.05) is 36.6 Å². The second kappa shape index (κ2) is 23.8. The number of carbonyl (C=O) groups excluding carboxylic acids is 2. The van der Waals surface area contributed by atoms with Crippen LogP contribution in [0.4, 0.5) is 0 Å². The molecule has 7 rings (SSSR count). The van der Waals surface area contributed by atoms with Gasteiger partial charge in [-0.05, 0) is 67.8 Å². The summed E-state index contributed by atoms with van der Waals surface area (Å²) in [6.07, 6.45) is 4.76. The van der Waals surface area contributed by atoms with Crippen molar-refractivity contribution < 1.29 is 9.59 Å². The average molecular weight is 704 g/mol. The quantitative estimate of drug-likeness (QED) is 0.171. The molecule has 0 unspecified atom stereocenters. The molecule has 0 amide bonds. The van der Waals surface area contributed by atoms with E-state index in [1.165, 1.54) is 22.4 Å². The lowest BCUT2D eigenvalue weighted by Gasteiger charge is -2.04. The van der Waals surface area contributed by atoms with Crippen molar-refractivity contribution in [3.8, 4) is 22.8 Å². The number of rotatable bonds is 6. The van der Waals surface area contributed by atoms with Gasteiger partial charge in [0.25, 0.3) is 0 Å². The summed E-state index contributed by atoms with van der Waals surface area (Å²) in [6.45, 7) is 15.9. The molecule has 3 N–H and O–H groups in total. The van der Waals surface area contributed by atoms with Crippen LogP contribution in [-0.2, 0) is 22.7 Å². The normalized spacial score (nSPS) is 11.1. The zero-order chi connectivity index (χ0) is 36.3. The second-order valence-electron chi connectivity index (χ2n) is 11.2. The first kappa shape index (κ1) is 44.5. The number of ketones is 2. The van der Waals surface area contributed by atoms with Crippen molar-refractivity contribution in [2.75, 3.05) is 0 Å². The third-order valence-electron chi connectivity index (χ3n) is 7.75. The highest BCUT2D eigenvalue weighted by atomic mass is 16.2. The number of hydrogen-bond donors (Lipinski definition) is 1. The van der Waals surface area contributed by atoms with Gasteiger partial charge in [0.15, 0.2) is 0 Å². The lowest BCUT2D eigenvalue weighted by molar-refractivity contribution is -0.121. The maximum absolute atomic E-state index is 10.2. The minimum atomic E-state index is 0. The smallest absolute Gasteiger partial charge is 0.140 e. The third kappa shape index (κ3) is 13.3. The van der Waals surface area contributed by atoms with Crippen LogP contribution in [-0.4, -0.2) is 41.1 Å². The van der Waals surface area contributed by atoms with Crippen LogP contribution in [0.5, 0.6) is 0 Å². The molecule has 9 nitrogen and oxygen atoms in total. The van der Waals surface area contributed by atoms with Gasteiger partial charge in [-0.1, -0.05) is 108 Å². The summed E-state index contributed by atoms with van der Waals surface area (Å²) in [5.41, 5.74) is 9.77. The van der Waals surface area contributed by atoms with E-state index < -0.39 is 0 Å². The van der Waals surface area contributed by atoms with Crippen molar-refractivity contribution in [1.29, 1.82) is 0 Å². The minimum Gasteiger partial charge on any atom is -0.344 e. The zero-order valence-electron chi connectivity index (χ0n) is 31.2. The molecule has 4 heterocycles. The molecule has 1 aliphatic carbocycles. The lowest BCUT2D eigenvalue weighted by Crippen LogP contribution is -2.03. The van der Waals surface area contributed by atoms with Gasteiger partial charge < -0.3 is 6.15 Å². The summed E-state index contributed by atoms with van der Waals surface area (Å²) < 4.78 is 4.06. The molecule has 6 aromatic rings. The number of hydrogen-bond acceptors (Lipinski definition) is 7. The van der Waals surface area contributed by atoms with Crippen LogP contribution in [0.1, 0.15) is 82.5 Å². The number of nitrogens with zero attached hydrogens (tertiary/aromatic N) is 6. The molecule has 4 aromatic heterocycles. The van der Waals surface area contributed by atoms with Gasteiger partial charge in [0.1, 0.15) is 23.0 Å². The summed E-state index contributed by atoms with van der Waals surface area (Å²) in [5.74, 6) is 0.204. The van der Waals surface area contributed by atoms with Crippen molar-refractivity contribution >= 4 is 11.6 Å². The molecular weight excluding hydrogens is 647 g/mol. The van der Waals surface area contributed by atoms with Crippen molar-refractivity contribution in [3.05, 3.63) is 144 Å². The lowest BCUT2D eigenvalue weighted by atomic mass is 10.1. The number of carbonyl (C=O) groups is 2. The first-order valence-corrected chi connectivity index (χ1v) is 17.4. The minimum absolute atomic E-state index is 0. The van der Waals surface area contributed by atoms with E-state index in [9.17, 15) is 9.59 Å². The maximum Gasteiger partial charge on any atom is 0.140 e. The van der Waals surface area contributed by atoms with Gasteiger partial charge in [0.05, 0.1) is 30.9 Å². The fourth-order valence-electron chi connectivity index (χ4n) is 5.03. The highest BCUT2D eigenvalue weighted by Gasteiger charge is 2.17. The Morgan fingerprint density at radius 3 is 1.48 bits per heavy atom. The van der Waals surface area contributed by atoms with Gasteiger partial charge >= 0.3 is 0 Å². The molecule has 0 aliphatic heterocycles. The monoisotopic (exact) mass is 703 g/mol. The zero-order valence-corrected chi connectivity index (χ0v) is 31.2. The van der Waals surface area contributed by atoms with E-state index in [0.717, 1.165) is 41.6 Å². The van der Waals surface area contributed by atoms with Crippen LogP contribution in [0.25, 0.3) is 22.8 Å². The van der Waals surface area contributed by atoms with Crippen LogP contribution < -0.4 is 6.15 Å². The Bertz CT molecular complexity index is 1860. The highest BCUT2D eigenvalue weighted by Crippen LogP contribution is 2.23. The van der Waals surface area contributed by atoms with E-state index in [0.29, 0.717) is 12.8 Å². The first-order chi connectivity index (χ1) is 24.4. The number of Topliss-reactive ketones (excluding diaryl/α,β-unsaturated/α-hetero) is 2. The fraction of sp³-hybridized carbons (Fsp3) is 0.302. The summed E-state index contributed by atoms with van der Waals surface area (Å²) >= 11 is 0. The van der Waals surface area contributed by atoms with Crippen LogP contribution in [0, 0.1) is 20.8 Å². The molecule has 52 heavy (non-hydrogen) atoms. The molecule has 1 aliphatic rings. The van der Waals surface area contributed by atoms with E-state index in [1.54, 1.807) is 12.4 Å². The van der Waals surface area contributed by atoms with Crippen LogP contribution >= 0.6 is 0 Å². The molecule has 9 heteroatoms. The molecular formula is C43H57N7O2. The second-order valence-corrected chi connectivity index (χ2v) is 11.2. The summed E-state index contributed by atoms with van der Waals surface area (Å²) in [5, 5.41) is 9.36. The Morgan fingerprint density at radius 2 is 1.04 bits per heavy atom. The number of benzene rings is 2. The molecule has 0 bridgehead atoms. The Morgan fingerprint density at radius 1 is 0.577 bits per heavy atom. The number of pyridine rings is 2. The van der Waals surface area contributed by atoms with Crippen molar-refractivity contribution in [1.82, 2.24) is 35.7 Å². The van der Waals surface area contributed by atoms with Gasteiger partial charge in [0.2, 0.25) is 0 Å². The van der Waals surface area contributed by atoms with E-state index in [2.05, 4.69) is 83.0 Å². The van der Waals surface area contributed by atoms with Gasteiger partial charge in [-0.15, -0.1) is 0 Å². The van der Waals surface area contributed by atoms with Crippen LogP contribution in [0.3, 0.4) is 0 Å². The standard InChI is InChI=1S/C17H17N3.C16H15N3.C5H6O2.2C2H6.CH4.H3N/c1-13-14(2)20(12-15-8-4-3-5-9-15)19-17(13)16-10-6-7-11-18-16;1-13-11-16(15-9-5-6-10-17-15)18-19(13)12-14-7-3-2-4-8-14;6-4-1-2-5(7)3-4;2*1-2;;/h3-11H,12H2,1-2H3;2-11H,12H2,1H3;1-3H2;2*1-2H3;1H4;1H3. The largest absolute Gasteiger partial charge is 0.344 e. The van der Waals surface area contributed by atoms with Crippen molar-refractivity contribution in [2.24, 2.45) is 0 Å². The average Bonchev–Trinajstić information content (AvgIpc) is 3.83. The predicted octanol–water partition coefficient (Wildman–Crippen LogP) is 10.1. The maximum atomic E-state index is 10.2. The van der Waals surface area contributed by atoms with E-state index in [1.807, 2.05) is 93.0 Å². The number of aromatic nitrogens is 6. The molecule has 0 spiro atoms. The van der Waals surface area contributed by atoms with Crippen LogP contribution in [0.2, 0.25) is 0 Å². The molecule has 0 atom stereocenters. The Balaban J connectivity index is 0.000000395. The van der Waals surface area contributed by atoms with Gasteiger partial charge in [-0.3, -0.25) is 28.9 Å². The van der Waals surface area contributed by atoms with Crippen molar-refractivity contribution in [3.63, 3.8) is 0 Å². The molecule has 276 valence electrons. The topological polar surface area (TPSA) is 131 Å². The first-order valence-electron chi connectivity index (χ1n) is 17.4. The van der Waals surface area contributed by atoms with E-state index in [4.69, 9.17) is 5.10 Å². The van der Waals surface area contributed by atoms with Gasteiger partial charge in [-0.25, -0.2) is 0 Å². The van der Waals surface area contributed by atoms with Crippen LogP contribution in [0.15, 0.2) is 116 Å². The molecule has 0 saturated heterocycles. The summed E-state index contributed by atoms with van der Waals surface area (Å²) in [4.78, 5) is 29.2. The third-order valence-corrected chi connectivity index (χ3v) is 7.75. The van der Waals surface area contributed by atoms with Gasteiger partial charge in [-0.2, -0.15) is 10.2 Å². The highest BCUT2D eigenvalue weighted by molar-refractivity contribution is 6.05. The molecule has 2 aromatic carbocycles. The van der Waals surface area contributed by atoms with E-state index >= 15 is 0 Å². The SMILES string of the molecule is C.CC.CC.Cc1c(-c2ccccn2)nn(Cc2ccccc2)c1C.Cc1cc(-c2ccccn2)nn1Cc1ccccc1.N.O=C1CCC(=O)C1.